The van der Waals surface area contributed by atoms with Crippen molar-refractivity contribution in [3.63, 3.8) is 0 Å². The highest BCUT2D eigenvalue weighted by atomic mass is 35.5. The molecule has 0 radical (unpaired) electrons. The molecule has 0 aliphatic rings. The summed E-state index contributed by atoms with van der Waals surface area (Å²) >= 11 is 6.01. The molecule has 0 saturated carbocycles. The highest BCUT2D eigenvalue weighted by Gasteiger charge is 2.13. The molecular formula is C28H25ClFN3. The second-order valence-electron chi connectivity index (χ2n) is 7.93. The van der Waals surface area contributed by atoms with E-state index in [-0.39, 0.29) is 5.82 Å². The third-order valence-electron chi connectivity index (χ3n) is 5.35. The number of anilines is 1. The SMILES string of the molecule is C=C(Cc1ccc(CCC)cc1)Nc1ccc(-c2nccnc2-c2ccc(Cl)cc2)cc1F. The average Bonchev–Trinajstić information content (AvgIpc) is 2.82. The van der Waals surface area contributed by atoms with Gasteiger partial charge in [0, 0.05) is 40.7 Å². The number of aromatic nitrogens is 2. The number of hydrogen-bond acceptors (Lipinski definition) is 3. The van der Waals surface area contributed by atoms with Crippen LogP contribution in [-0.4, -0.2) is 9.97 Å². The molecule has 0 aliphatic carbocycles. The topological polar surface area (TPSA) is 37.8 Å². The van der Waals surface area contributed by atoms with Crippen molar-refractivity contribution in [2.75, 3.05) is 5.32 Å². The molecule has 1 aromatic heterocycles. The number of hydrogen-bond donors (Lipinski definition) is 1. The molecule has 3 aromatic carbocycles. The van der Waals surface area contributed by atoms with Crippen LogP contribution in [0.5, 0.6) is 0 Å². The van der Waals surface area contributed by atoms with Gasteiger partial charge in [0.25, 0.3) is 0 Å². The van der Waals surface area contributed by atoms with E-state index < -0.39 is 0 Å². The van der Waals surface area contributed by atoms with Crippen molar-refractivity contribution < 1.29 is 4.39 Å². The van der Waals surface area contributed by atoms with Crippen molar-refractivity contribution in [2.24, 2.45) is 0 Å². The third kappa shape index (κ3) is 5.65. The number of nitrogens with zero attached hydrogens (tertiary/aromatic N) is 2. The highest BCUT2D eigenvalue weighted by molar-refractivity contribution is 6.30. The van der Waals surface area contributed by atoms with Crippen LogP contribution in [0.2, 0.25) is 5.02 Å². The van der Waals surface area contributed by atoms with Crippen LogP contribution in [-0.2, 0) is 12.8 Å². The quantitative estimate of drug-likeness (QED) is 0.294. The summed E-state index contributed by atoms with van der Waals surface area (Å²) < 4.78 is 15.0. The maximum atomic E-state index is 15.0. The first kappa shape index (κ1) is 22.7. The summed E-state index contributed by atoms with van der Waals surface area (Å²) in [6, 6.07) is 20.8. The molecule has 1 heterocycles. The van der Waals surface area contributed by atoms with Crippen molar-refractivity contribution in [2.45, 2.75) is 26.2 Å². The van der Waals surface area contributed by atoms with Crippen LogP contribution in [0.25, 0.3) is 22.5 Å². The molecule has 3 nitrogen and oxygen atoms in total. The number of halogens is 2. The Hall–Kier alpha value is -3.50. The minimum absolute atomic E-state index is 0.375. The van der Waals surface area contributed by atoms with Gasteiger partial charge < -0.3 is 5.32 Å². The zero-order valence-electron chi connectivity index (χ0n) is 18.5. The van der Waals surface area contributed by atoms with E-state index in [1.807, 2.05) is 18.2 Å². The largest absolute Gasteiger partial charge is 0.357 e. The van der Waals surface area contributed by atoms with Crippen LogP contribution in [0.3, 0.4) is 0 Å². The second-order valence-corrected chi connectivity index (χ2v) is 8.36. The fourth-order valence-electron chi connectivity index (χ4n) is 3.73. The molecule has 1 N–H and O–H groups in total. The van der Waals surface area contributed by atoms with Crippen molar-refractivity contribution in [1.82, 2.24) is 9.97 Å². The van der Waals surface area contributed by atoms with E-state index >= 15 is 0 Å². The van der Waals surface area contributed by atoms with Gasteiger partial charge in [-0.05, 0) is 41.8 Å². The fraction of sp³-hybridized carbons (Fsp3) is 0.143. The van der Waals surface area contributed by atoms with Gasteiger partial charge in [-0.1, -0.05) is 74.0 Å². The van der Waals surface area contributed by atoms with Crippen molar-refractivity contribution in [3.8, 4) is 22.5 Å². The number of nitrogens with one attached hydrogen (secondary N) is 1. The van der Waals surface area contributed by atoms with Crippen molar-refractivity contribution in [3.05, 3.63) is 113 Å². The molecule has 0 fully saturated rings. The van der Waals surface area contributed by atoms with Gasteiger partial charge in [0.15, 0.2) is 0 Å². The molecule has 33 heavy (non-hydrogen) atoms. The van der Waals surface area contributed by atoms with Crippen LogP contribution < -0.4 is 5.32 Å². The van der Waals surface area contributed by atoms with Gasteiger partial charge in [0.1, 0.15) is 5.82 Å². The molecule has 0 saturated heterocycles. The van der Waals surface area contributed by atoms with Gasteiger partial charge in [-0.3, -0.25) is 9.97 Å². The van der Waals surface area contributed by atoms with Crippen LogP contribution >= 0.6 is 11.6 Å². The van der Waals surface area contributed by atoms with E-state index in [0.29, 0.717) is 34.1 Å². The monoisotopic (exact) mass is 457 g/mol. The molecule has 166 valence electrons. The average molecular weight is 458 g/mol. The Kier molecular flexibility index (Phi) is 7.16. The lowest BCUT2D eigenvalue weighted by Crippen LogP contribution is -2.04. The van der Waals surface area contributed by atoms with Crippen LogP contribution in [0.4, 0.5) is 10.1 Å². The zero-order valence-corrected chi connectivity index (χ0v) is 19.2. The first-order valence-electron chi connectivity index (χ1n) is 10.9. The Morgan fingerprint density at radius 2 is 1.48 bits per heavy atom. The lowest BCUT2D eigenvalue weighted by Gasteiger charge is -2.13. The van der Waals surface area contributed by atoms with Crippen LogP contribution in [0.1, 0.15) is 24.5 Å². The van der Waals surface area contributed by atoms with Crippen LogP contribution in [0.15, 0.2) is 91.4 Å². The molecule has 0 atom stereocenters. The maximum Gasteiger partial charge on any atom is 0.147 e. The molecule has 0 spiro atoms. The van der Waals surface area contributed by atoms with E-state index in [1.54, 1.807) is 30.6 Å². The van der Waals surface area contributed by atoms with E-state index in [1.165, 1.54) is 11.6 Å². The lowest BCUT2D eigenvalue weighted by molar-refractivity contribution is 0.631. The molecule has 4 rings (SSSR count). The first-order chi connectivity index (χ1) is 16.0. The van der Waals surface area contributed by atoms with Gasteiger partial charge >= 0.3 is 0 Å². The Balaban J connectivity index is 1.51. The van der Waals surface area contributed by atoms with E-state index in [0.717, 1.165) is 29.7 Å². The predicted octanol–water partition coefficient (Wildman–Crippen LogP) is 7.72. The predicted molar refractivity (Wildman–Crippen MR) is 135 cm³/mol. The molecule has 5 heteroatoms. The Bertz CT molecular complexity index is 1250. The Labute approximate surface area is 199 Å². The van der Waals surface area contributed by atoms with Crippen LogP contribution in [0, 0.1) is 5.82 Å². The highest BCUT2D eigenvalue weighted by Crippen LogP contribution is 2.31. The standard InChI is InChI=1S/C28H25ClFN3/c1-3-4-20-5-7-21(8-6-20)17-19(2)33-26-14-11-23(18-25(26)30)28-27(31-15-16-32-28)22-9-12-24(29)13-10-22/h5-16,18,33H,2-4,17H2,1H3. The first-order valence-corrected chi connectivity index (χ1v) is 11.3. The summed E-state index contributed by atoms with van der Waals surface area (Å²) in [5.74, 6) is -0.375. The van der Waals surface area contributed by atoms with Gasteiger partial charge in [-0.25, -0.2) is 4.39 Å². The van der Waals surface area contributed by atoms with Crippen molar-refractivity contribution >= 4 is 17.3 Å². The van der Waals surface area contributed by atoms with Crippen molar-refractivity contribution in [1.29, 1.82) is 0 Å². The number of benzene rings is 3. The Morgan fingerprint density at radius 1 is 0.879 bits per heavy atom. The van der Waals surface area contributed by atoms with E-state index in [9.17, 15) is 4.39 Å². The number of allylic oxidation sites excluding steroid dienone is 1. The fourth-order valence-corrected chi connectivity index (χ4v) is 3.85. The Morgan fingerprint density at radius 3 is 2.12 bits per heavy atom. The molecule has 0 bridgehead atoms. The van der Waals surface area contributed by atoms with Gasteiger partial charge in [0.2, 0.25) is 0 Å². The minimum Gasteiger partial charge on any atom is -0.357 e. The van der Waals surface area contributed by atoms with E-state index in [4.69, 9.17) is 11.6 Å². The number of aryl methyl sites for hydroxylation is 1. The summed E-state index contributed by atoms with van der Waals surface area (Å²) in [4.78, 5) is 8.92. The number of rotatable bonds is 8. The van der Waals surface area contributed by atoms with Gasteiger partial charge in [0.05, 0.1) is 17.1 Å². The summed E-state index contributed by atoms with van der Waals surface area (Å²) in [7, 11) is 0. The second kappa shape index (κ2) is 10.4. The smallest absolute Gasteiger partial charge is 0.147 e. The van der Waals surface area contributed by atoms with Gasteiger partial charge in [-0.2, -0.15) is 0 Å². The molecule has 4 aromatic rings. The molecular weight excluding hydrogens is 433 g/mol. The van der Waals surface area contributed by atoms with Gasteiger partial charge in [-0.15, -0.1) is 0 Å². The summed E-state index contributed by atoms with van der Waals surface area (Å²) in [5, 5.41) is 3.75. The molecule has 0 amide bonds. The summed E-state index contributed by atoms with van der Waals surface area (Å²) in [6.45, 7) is 6.24. The molecule has 0 aliphatic heterocycles. The normalized spacial score (nSPS) is 10.8. The lowest BCUT2D eigenvalue weighted by atomic mass is 10.0. The third-order valence-corrected chi connectivity index (χ3v) is 5.60. The summed E-state index contributed by atoms with van der Waals surface area (Å²) in [5.41, 5.74) is 6.35. The zero-order chi connectivity index (χ0) is 23.2. The summed E-state index contributed by atoms with van der Waals surface area (Å²) in [6.07, 6.45) is 6.05. The maximum absolute atomic E-state index is 15.0. The van der Waals surface area contributed by atoms with E-state index in [2.05, 4.69) is 53.1 Å². The molecule has 0 unspecified atom stereocenters. The minimum atomic E-state index is -0.375.